The van der Waals surface area contributed by atoms with Crippen LogP contribution in [0.4, 0.5) is 10.3 Å². The van der Waals surface area contributed by atoms with Crippen molar-refractivity contribution in [3.63, 3.8) is 0 Å². The highest BCUT2D eigenvalue weighted by molar-refractivity contribution is 5.98. The SMILES string of the molecule is Cc1ccc(-c2nc(NCc3ccc(F)cc3)n(C(=O)c3ccccc3C)n2)cc1. The van der Waals surface area contributed by atoms with Gasteiger partial charge < -0.3 is 5.32 Å². The summed E-state index contributed by atoms with van der Waals surface area (Å²) in [5.74, 6) is 0.237. The minimum absolute atomic E-state index is 0.263. The van der Waals surface area contributed by atoms with Crippen molar-refractivity contribution in [3.8, 4) is 11.4 Å². The molecule has 5 nitrogen and oxygen atoms in total. The van der Waals surface area contributed by atoms with Crippen molar-refractivity contribution in [2.24, 2.45) is 0 Å². The molecule has 150 valence electrons. The van der Waals surface area contributed by atoms with Crippen molar-refractivity contribution in [3.05, 3.63) is 101 Å². The Kier molecular flexibility index (Phi) is 5.39. The van der Waals surface area contributed by atoms with Gasteiger partial charge in [-0.15, -0.1) is 5.10 Å². The first kappa shape index (κ1) is 19.5. The number of carbonyl (C=O) groups excluding carboxylic acids is 1. The van der Waals surface area contributed by atoms with Gasteiger partial charge in [0.1, 0.15) is 5.82 Å². The molecule has 0 aliphatic heterocycles. The van der Waals surface area contributed by atoms with E-state index in [0.717, 1.165) is 22.3 Å². The molecule has 30 heavy (non-hydrogen) atoms. The van der Waals surface area contributed by atoms with Crippen LogP contribution in [-0.2, 0) is 6.54 Å². The fourth-order valence-electron chi connectivity index (χ4n) is 3.10. The van der Waals surface area contributed by atoms with Gasteiger partial charge in [-0.2, -0.15) is 9.67 Å². The molecule has 0 unspecified atom stereocenters. The summed E-state index contributed by atoms with van der Waals surface area (Å²) in [5, 5.41) is 7.65. The molecule has 1 aromatic heterocycles. The quantitative estimate of drug-likeness (QED) is 0.512. The van der Waals surface area contributed by atoms with Crippen LogP contribution in [0.25, 0.3) is 11.4 Å². The van der Waals surface area contributed by atoms with Crippen molar-refractivity contribution < 1.29 is 9.18 Å². The Morgan fingerprint density at radius 1 is 0.967 bits per heavy atom. The van der Waals surface area contributed by atoms with Gasteiger partial charge in [0, 0.05) is 17.7 Å². The van der Waals surface area contributed by atoms with E-state index >= 15 is 0 Å². The average molecular weight is 400 g/mol. The minimum atomic E-state index is -0.293. The van der Waals surface area contributed by atoms with Crippen molar-refractivity contribution in [1.29, 1.82) is 0 Å². The highest BCUT2D eigenvalue weighted by Gasteiger charge is 2.20. The highest BCUT2D eigenvalue weighted by Crippen LogP contribution is 2.21. The Labute approximate surface area is 174 Å². The fraction of sp³-hybridized carbons (Fsp3) is 0.125. The molecule has 0 fully saturated rings. The summed E-state index contributed by atoms with van der Waals surface area (Å²) in [7, 11) is 0. The predicted molar refractivity (Wildman–Crippen MR) is 115 cm³/mol. The third kappa shape index (κ3) is 4.12. The Bertz CT molecular complexity index is 1180. The Morgan fingerprint density at radius 3 is 2.37 bits per heavy atom. The van der Waals surface area contributed by atoms with E-state index < -0.39 is 0 Å². The van der Waals surface area contributed by atoms with E-state index in [2.05, 4.69) is 15.4 Å². The van der Waals surface area contributed by atoms with Gasteiger partial charge in [0.25, 0.3) is 5.91 Å². The third-order valence-corrected chi connectivity index (χ3v) is 4.85. The van der Waals surface area contributed by atoms with Gasteiger partial charge in [-0.25, -0.2) is 4.39 Å². The van der Waals surface area contributed by atoms with E-state index in [-0.39, 0.29) is 11.7 Å². The van der Waals surface area contributed by atoms with Gasteiger partial charge in [0.2, 0.25) is 5.95 Å². The smallest absolute Gasteiger partial charge is 0.281 e. The highest BCUT2D eigenvalue weighted by atomic mass is 19.1. The first-order chi connectivity index (χ1) is 14.5. The number of hydrogen-bond acceptors (Lipinski definition) is 4. The van der Waals surface area contributed by atoms with Crippen molar-refractivity contribution in [2.45, 2.75) is 20.4 Å². The third-order valence-electron chi connectivity index (χ3n) is 4.85. The number of carbonyl (C=O) groups is 1. The number of anilines is 1. The first-order valence-electron chi connectivity index (χ1n) is 9.64. The number of halogens is 1. The summed E-state index contributed by atoms with van der Waals surface area (Å²) in [4.78, 5) is 17.8. The lowest BCUT2D eigenvalue weighted by Crippen LogP contribution is -2.18. The zero-order chi connectivity index (χ0) is 21.1. The Balaban J connectivity index is 1.70. The second kappa shape index (κ2) is 8.29. The van der Waals surface area contributed by atoms with E-state index in [9.17, 15) is 9.18 Å². The zero-order valence-corrected chi connectivity index (χ0v) is 16.8. The fourth-order valence-corrected chi connectivity index (χ4v) is 3.10. The molecule has 0 saturated carbocycles. The van der Waals surface area contributed by atoms with E-state index in [1.54, 1.807) is 18.2 Å². The molecule has 0 saturated heterocycles. The predicted octanol–water partition coefficient (Wildman–Crippen LogP) is 5.00. The van der Waals surface area contributed by atoms with Crippen molar-refractivity contribution >= 4 is 11.9 Å². The van der Waals surface area contributed by atoms with Gasteiger partial charge in [0.05, 0.1) is 0 Å². The summed E-state index contributed by atoms with van der Waals surface area (Å²) in [5.41, 5.74) is 4.24. The maximum absolute atomic E-state index is 13.2. The summed E-state index contributed by atoms with van der Waals surface area (Å²) >= 11 is 0. The molecule has 0 aliphatic carbocycles. The Morgan fingerprint density at radius 2 is 1.67 bits per heavy atom. The molecule has 0 amide bonds. The molecule has 0 aliphatic rings. The lowest BCUT2D eigenvalue weighted by Gasteiger charge is -2.09. The van der Waals surface area contributed by atoms with Crippen LogP contribution in [0.15, 0.2) is 72.8 Å². The van der Waals surface area contributed by atoms with Gasteiger partial charge >= 0.3 is 0 Å². The van der Waals surface area contributed by atoms with Gasteiger partial charge in [0.15, 0.2) is 5.82 Å². The van der Waals surface area contributed by atoms with E-state index in [0.29, 0.717) is 23.9 Å². The van der Waals surface area contributed by atoms with Crippen LogP contribution in [0.1, 0.15) is 27.0 Å². The largest absolute Gasteiger partial charge is 0.350 e. The van der Waals surface area contributed by atoms with Crippen LogP contribution in [0.5, 0.6) is 0 Å². The van der Waals surface area contributed by atoms with E-state index in [1.165, 1.54) is 16.8 Å². The van der Waals surface area contributed by atoms with Crippen LogP contribution in [0.2, 0.25) is 0 Å². The summed E-state index contributed by atoms with van der Waals surface area (Å²) in [6.07, 6.45) is 0. The maximum atomic E-state index is 13.2. The summed E-state index contributed by atoms with van der Waals surface area (Å²) in [6.45, 7) is 4.28. The van der Waals surface area contributed by atoms with Crippen LogP contribution >= 0.6 is 0 Å². The molecule has 4 aromatic rings. The number of aromatic nitrogens is 3. The molecule has 6 heteroatoms. The molecule has 0 bridgehead atoms. The summed E-state index contributed by atoms with van der Waals surface area (Å²) in [6, 6.07) is 21.4. The number of nitrogens with one attached hydrogen (secondary N) is 1. The maximum Gasteiger partial charge on any atom is 0.281 e. The van der Waals surface area contributed by atoms with Gasteiger partial charge in [-0.1, -0.05) is 60.2 Å². The Hall–Kier alpha value is -3.80. The molecule has 0 atom stereocenters. The molecular weight excluding hydrogens is 379 g/mol. The molecule has 3 aromatic carbocycles. The second-order valence-corrected chi connectivity index (χ2v) is 7.14. The molecule has 1 heterocycles. The lowest BCUT2D eigenvalue weighted by molar-refractivity contribution is 0.0947. The monoisotopic (exact) mass is 400 g/mol. The van der Waals surface area contributed by atoms with Crippen LogP contribution in [0.3, 0.4) is 0 Å². The number of aryl methyl sites for hydroxylation is 2. The van der Waals surface area contributed by atoms with Crippen molar-refractivity contribution in [2.75, 3.05) is 5.32 Å². The first-order valence-corrected chi connectivity index (χ1v) is 9.64. The van der Waals surface area contributed by atoms with Crippen LogP contribution in [-0.4, -0.2) is 20.7 Å². The minimum Gasteiger partial charge on any atom is -0.350 e. The van der Waals surface area contributed by atoms with Crippen molar-refractivity contribution in [1.82, 2.24) is 14.8 Å². The number of nitrogens with zero attached hydrogens (tertiary/aromatic N) is 3. The van der Waals surface area contributed by atoms with Gasteiger partial charge in [-0.3, -0.25) is 4.79 Å². The normalized spacial score (nSPS) is 10.8. The zero-order valence-electron chi connectivity index (χ0n) is 16.8. The number of benzene rings is 3. The topological polar surface area (TPSA) is 59.8 Å². The summed E-state index contributed by atoms with van der Waals surface area (Å²) < 4.78 is 14.5. The lowest BCUT2D eigenvalue weighted by atomic mass is 10.1. The molecule has 0 spiro atoms. The molecule has 4 rings (SSSR count). The molecular formula is C24H21FN4O. The second-order valence-electron chi connectivity index (χ2n) is 7.14. The molecule has 1 N–H and O–H groups in total. The molecule has 0 radical (unpaired) electrons. The van der Waals surface area contributed by atoms with E-state index in [1.807, 2.05) is 56.3 Å². The number of rotatable bonds is 5. The van der Waals surface area contributed by atoms with E-state index in [4.69, 9.17) is 0 Å². The number of hydrogen-bond donors (Lipinski definition) is 1. The van der Waals surface area contributed by atoms with Gasteiger partial charge in [-0.05, 0) is 43.2 Å². The standard InChI is InChI=1S/C24H21FN4O/c1-16-7-11-19(12-8-16)22-27-24(26-15-18-9-13-20(25)14-10-18)29(28-22)23(30)21-6-4-3-5-17(21)2/h3-14H,15H2,1-2H3,(H,26,27,28). The average Bonchev–Trinajstić information content (AvgIpc) is 3.18. The van der Waals surface area contributed by atoms with Crippen LogP contribution < -0.4 is 5.32 Å². The van der Waals surface area contributed by atoms with Crippen LogP contribution in [0, 0.1) is 19.7 Å².